The van der Waals surface area contributed by atoms with Crippen LogP contribution >= 0.6 is 0 Å². The number of aromatic amines is 2. The number of nitrogens with zero attached hydrogens (tertiary/aromatic N) is 8. The number of amides is 2. The molecule has 130 heavy (non-hydrogen) atoms. The van der Waals surface area contributed by atoms with Crippen LogP contribution in [-0.4, -0.2) is 199 Å². The summed E-state index contributed by atoms with van der Waals surface area (Å²) in [6.07, 6.45) is 6.46. The maximum Gasteiger partial charge on any atom is 3.00 e. The number of H-pyrrole nitrogens is 2. The molecule has 2 amide bonds. The fourth-order valence-electron chi connectivity index (χ4n) is 19.5. The summed E-state index contributed by atoms with van der Waals surface area (Å²) in [6, 6.07) is 8.03. The standard InChI is InChI=1S/C96H130N10O18Si.2CN.Co/c1-24-60-54(3)68-47-69-56(5)62(74(101-69)50-75-63(27-32-84(113)124-44-45-125(21,22)23)57(6)71(102-75)49-73-61(25-2)55(4)70(100-73)48-72(60)99-68)26-31-78(107)97-38-40-122-42-43-123-41-39-98-79(108)52-94(12)64(28-33-80(109)116-15)76-51-77-92(9,10)65(29-34-81(110)117-16)87(104-77)58(7)89-93(11,37-36-83(112)119-18)67(46-85(114)120-19)91(105-89)96(14)95(13,53-86(115)121-20)66(30-35-82(111)118-17)88(106-96)59(8)90(94)103-76;2*1-2;/h24-25,47-51,64-67,91H,1-2,26-46,52-53H2,3-23H3,(H5,97,98,99,100,101,102,103,104,105,106,107,108);;;/q;2*-1;+3/p-1/t64-,65-,66-,67+,91?,93-,94+,95+,96+;;;/m1.../s1. The van der Waals surface area contributed by atoms with Crippen LogP contribution in [0.4, 0.5) is 0 Å². The SMILES string of the molecule is C=Cc1c(C)c2cc3[nH]c(cc4nc(cc5nc(cc1[nH]2)C(C)=C5CCC(=O)OCC[Si](C)(C)C)C(CCC(=O)NCCOCCOCCNC(=O)C[C@]1(C)/C2=C(\C)C5=N[C@@](C)(C6[N-]/C(=C(/C)C7=N/C(=C\C(=N2)[C@H]1CCC(=O)OC)C(C)(C)[C@@H]7CCC(=O)OC)[C@](C)(CCC(=O)OC)[C@H]6CC(=O)OC)[C@@](C)(CC(=O)OC)[C@@H]5CCC(=O)OC)=C4C)c(C)c3C=C.[C-]#N.[C-]#N.[Co+3]. The van der Waals surface area contributed by atoms with Gasteiger partial charge >= 0.3 is 58.6 Å². The number of aliphatic imine (C=N–C) groups is 3. The van der Waals surface area contributed by atoms with Crippen molar-refractivity contribution in [3.8, 4) is 0 Å². The van der Waals surface area contributed by atoms with Gasteiger partial charge in [-0.1, -0.05) is 85.6 Å². The molecule has 10 heterocycles. The number of methoxy groups -OCH3 is 6. The van der Waals surface area contributed by atoms with Crippen molar-refractivity contribution in [2.45, 2.75) is 217 Å². The Morgan fingerprint density at radius 3 is 1.53 bits per heavy atom. The maximum atomic E-state index is 15.1. The van der Waals surface area contributed by atoms with Gasteiger partial charge in [0.25, 0.3) is 0 Å². The van der Waals surface area contributed by atoms with Crippen LogP contribution in [-0.2, 0) is 103 Å². The molecular weight excluding hydrogens is 1720 g/mol. The molecule has 32 heteroatoms. The molecule has 1 saturated heterocycles. The predicted octanol–water partition coefficient (Wildman–Crippen LogP) is 16.1. The number of hydrogen-bond donors (Lipinski definition) is 4. The van der Waals surface area contributed by atoms with Gasteiger partial charge in [-0.05, 0) is 179 Å². The van der Waals surface area contributed by atoms with Crippen molar-refractivity contribution in [1.82, 2.24) is 30.6 Å². The van der Waals surface area contributed by atoms with Crippen molar-refractivity contribution in [3.05, 3.63) is 135 Å². The Balaban J connectivity index is 0.00000456. The molecule has 702 valence electrons. The molecular formula is C98H129CoN12O18Si. The molecule has 0 aliphatic carbocycles. The first-order valence-corrected chi connectivity index (χ1v) is 47.6. The Morgan fingerprint density at radius 1 is 0.523 bits per heavy atom. The minimum Gasteiger partial charge on any atom is -0.682 e. The van der Waals surface area contributed by atoms with Crippen molar-refractivity contribution in [2.24, 2.45) is 60.3 Å². The third-order valence-electron chi connectivity index (χ3n) is 27.4. The van der Waals surface area contributed by atoms with E-state index in [2.05, 4.69) is 66.4 Å². The summed E-state index contributed by atoms with van der Waals surface area (Å²) in [7, 11) is 6.41. The van der Waals surface area contributed by atoms with Crippen LogP contribution in [0.5, 0.6) is 0 Å². The second-order valence-corrected chi connectivity index (χ2v) is 42.1. The van der Waals surface area contributed by atoms with E-state index in [9.17, 15) is 38.4 Å². The van der Waals surface area contributed by atoms with Gasteiger partial charge in [-0.25, -0.2) is 9.97 Å². The zero-order chi connectivity index (χ0) is 95.6. The number of carbonyl (C=O) groups is 9. The number of allylic oxidation sites excluding steroid dienone is 10. The van der Waals surface area contributed by atoms with Gasteiger partial charge < -0.3 is 92.2 Å². The minimum absolute atomic E-state index is 0. The largest absolute Gasteiger partial charge is 3.00 e. The first kappa shape index (κ1) is 106. The predicted molar refractivity (Wildman–Crippen MR) is 497 cm³/mol. The molecule has 7 aliphatic heterocycles. The molecule has 0 saturated carbocycles. The van der Waals surface area contributed by atoms with E-state index in [4.69, 9.17) is 96.6 Å². The van der Waals surface area contributed by atoms with Gasteiger partial charge in [-0.3, -0.25) is 58.1 Å². The van der Waals surface area contributed by atoms with Crippen LogP contribution in [0.1, 0.15) is 211 Å². The number of hydrogen-bond acceptors (Lipinski definition) is 25. The van der Waals surface area contributed by atoms with Crippen LogP contribution in [0.25, 0.3) is 61.8 Å². The fraction of sp³-hybridized carbons (Fsp3) is 0.551. The summed E-state index contributed by atoms with van der Waals surface area (Å²) in [4.78, 5) is 159. The van der Waals surface area contributed by atoms with Gasteiger partial charge in [0.1, 0.15) is 0 Å². The number of nitrogens with one attached hydrogen (secondary N) is 4. The molecule has 16 bridgehead atoms. The molecule has 10 rings (SSSR count). The molecule has 3 aromatic rings. The minimum atomic E-state index is -1.46. The summed E-state index contributed by atoms with van der Waals surface area (Å²) in [5, 5.41) is 24.4. The first-order chi connectivity index (χ1) is 61.1. The Bertz CT molecular complexity index is 5340. The average Bonchev–Trinajstić information content (AvgIpc) is 1.52. The molecule has 0 radical (unpaired) electrons. The molecule has 4 N–H and O–H groups in total. The van der Waals surface area contributed by atoms with E-state index in [1.165, 1.54) is 42.7 Å². The number of ether oxygens (including phenoxy) is 9. The third kappa shape index (κ3) is 23.3. The van der Waals surface area contributed by atoms with Gasteiger partial charge in [0, 0.05) is 163 Å². The summed E-state index contributed by atoms with van der Waals surface area (Å²) in [5.41, 5.74) is 12.1. The molecule has 1 fully saturated rings. The number of aromatic nitrogens is 4. The van der Waals surface area contributed by atoms with Crippen molar-refractivity contribution >= 4 is 135 Å². The van der Waals surface area contributed by atoms with Gasteiger partial charge in [-0.2, -0.15) is 5.70 Å². The van der Waals surface area contributed by atoms with Crippen molar-refractivity contribution in [3.63, 3.8) is 0 Å². The van der Waals surface area contributed by atoms with Crippen LogP contribution < -0.4 is 10.6 Å². The number of aryl methyl sites for hydroxylation is 2. The van der Waals surface area contributed by atoms with E-state index in [1.807, 2.05) is 113 Å². The summed E-state index contributed by atoms with van der Waals surface area (Å²) in [5.74, 6) is -6.61. The summed E-state index contributed by atoms with van der Waals surface area (Å²) >= 11 is 0. The Kier molecular flexibility index (Phi) is 37.2. The van der Waals surface area contributed by atoms with E-state index in [-0.39, 0.29) is 158 Å². The molecule has 3 aromatic heterocycles. The monoisotopic (exact) mass is 1850 g/mol. The molecule has 30 nitrogen and oxygen atoms in total. The number of rotatable bonds is 38. The first-order valence-electron chi connectivity index (χ1n) is 43.9. The number of carbonyl (C=O) groups excluding carboxylic acids is 9. The zero-order valence-corrected chi connectivity index (χ0v) is 81.4. The topological polar surface area (TPSA) is 417 Å². The molecule has 7 aliphatic rings. The van der Waals surface area contributed by atoms with E-state index in [0.29, 0.717) is 76.2 Å². The summed E-state index contributed by atoms with van der Waals surface area (Å²) in [6.45, 7) is 49.7. The van der Waals surface area contributed by atoms with Gasteiger partial charge in [0.2, 0.25) is 11.8 Å². The number of esters is 7. The zero-order valence-electron chi connectivity index (χ0n) is 79.4. The van der Waals surface area contributed by atoms with E-state index >= 15 is 4.79 Å². The van der Waals surface area contributed by atoms with Gasteiger partial charge in [0.15, 0.2) is 0 Å². The van der Waals surface area contributed by atoms with Gasteiger partial charge in [0.05, 0.1) is 116 Å². The van der Waals surface area contributed by atoms with E-state index < -0.39 is 101 Å². The quantitative estimate of drug-likeness (QED) is 0.0136. The number of fused-ring (bicyclic) bond motifs is 14. The fourth-order valence-corrected chi connectivity index (χ4v) is 20.2. The Morgan fingerprint density at radius 2 is 1.01 bits per heavy atom. The average molecular weight is 1850 g/mol. The molecule has 0 spiro atoms. The van der Waals surface area contributed by atoms with Gasteiger partial charge in [-0.15, -0.1) is 0 Å². The van der Waals surface area contributed by atoms with Crippen LogP contribution in [0.15, 0.2) is 86.7 Å². The van der Waals surface area contributed by atoms with Crippen LogP contribution in [0.3, 0.4) is 0 Å². The molecule has 0 aromatic carbocycles. The third-order valence-corrected chi connectivity index (χ3v) is 29.1. The van der Waals surface area contributed by atoms with Crippen molar-refractivity contribution < 1.29 is 103 Å². The second kappa shape index (κ2) is 45.7. The van der Waals surface area contributed by atoms with E-state index in [0.717, 1.165) is 84.0 Å². The van der Waals surface area contributed by atoms with Crippen LogP contribution in [0.2, 0.25) is 25.7 Å². The van der Waals surface area contributed by atoms with Crippen molar-refractivity contribution in [2.75, 3.05) is 88.8 Å². The normalized spacial score (nSPS) is 23.7. The Labute approximate surface area is 775 Å². The molecule has 9 atom stereocenters. The smallest absolute Gasteiger partial charge is 0.682 e. The second-order valence-electron chi connectivity index (χ2n) is 36.5. The van der Waals surface area contributed by atoms with Crippen molar-refractivity contribution in [1.29, 1.82) is 10.5 Å². The van der Waals surface area contributed by atoms with Crippen LogP contribution in [0, 0.1) is 82.8 Å². The summed E-state index contributed by atoms with van der Waals surface area (Å²) < 4.78 is 49.8. The molecule has 1 unspecified atom stereocenters. The van der Waals surface area contributed by atoms with E-state index in [1.54, 1.807) is 0 Å². The maximum absolute atomic E-state index is 15.1. The Hall–Kier alpha value is -11.0.